The van der Waals surface area contributed by atoms with Crippen molar-refractivity contribution < 1.29 is 9.53 Å². The number of aromatic nitrogens is 1. The Morgan fingerprint density at radius 1 is 1.12 bits per heavy atom. The van der Waals surface area contributed by atoms with E-state index in [1.807, 2.05) is 31.2 Å². The summed E-state index contributed by atoms with van der Waals surface area (Å²) in [7, 11) is 1.57. The lowest BCUT2D eigenvalue weighted by atomic mass is 10.1. The molecule has 0 fully saturated rings. The van der Waals surface area contributed by atoms with Crippen molar-refractivity contribution in [3.63, 3.8) is 0 Å². The van der Waals surface area contributed by atoms with Gasteiger partial charge in [-0.15, -0.1) is 0 Å². The standard InChI is InChI=1S/C19H18N2O3/c1-13-10-14-6-3-4-9-17(14)19(23)21(13)12-18(22)20-15-7-5-8-16(11-15)24-2/h3-11H,12H2,1-2H3,(H,20,22). The summed E-state index contributed by atoms with van der Waals surface area (Å²) < 4.78 is 6.62. The monoisotopic (exact) mass is 322 g/mol. The molecule has 0 aliphatic heterocycles. The number of ether oxygens (including phenoxy) is 1. The molecular weight excluding hydrogens is 304 g/mol. The maximum Gasteiger partial charge on any atom is 0.259 e. The van der Waals surface area contributed by atoms with Gasteiger partial charge in [0, 0.05) is 22.8 Å². The number of fused-ring (bicyclic) bond motifs is 1. The Morgan fingerprint density at radius 3 is 2.71 bits per heavy atom. The van der Waals surface area contributed by atoms with Crippen molar-refractivity contribution >= 4 is 22.4 Å². The number of hydrogen-bond donors (Lipinski definition) is 1. The maximum atomic E-state index is 12.6. The van der Waals surface area contributed by atoms with Gasteiger partial charge in [-0.05, 0) is 36.6 Å². The van der Waals surface area contributed by atoms with Gasteiger partial charge in [0.2, 0.25) is 5.91 Å². The summed E-state index contributed by atoms with van der Waals surface area (Å²) in [5.74, 6) is 0.399. The first-order chi connectivity index (χ1) is 11.6. The molecule has 5 heteroatoms. The molecule has 1 amide bonds. The molecule has 0 aliphatic carbocycles. The molecule has 1 aromatic heterocycles. The molecule has 3 rings (SSSR count). The Morgan fingerprint density at radius 2 is 1.92 bits per heavy atom. The number of pyridine rings is 1. The van der Waals surface area contributed by atoms with Crippen LogP contribution in [0.25, 0.3) is 10.8 Å². The minimum atomic E-state index is -0.260. The Bertz CT molecular complexity index is 960. The lowest BCUT2D eigenvalue weighted by Crippen LogP contribution is -2.29. The van der Waals surface area contributed by atoms with Gasteiger partial charge in [0.1, 0.15) is 12.3 Å². The van der Waals surface area contributed by atoms with Gasteiger partial charge in [-0.25, -0.2) is 0 Å². The van der Waals surface area contributed by atoms with Crippen LogP contribution < -0.4 is 15.6 Å². The molecule has 24 heavy (non-hydrogen) atoms. The average molecular weight is 322 g/mol. The fourth-order valence-electron chi connectivity index (χ4n) is 2.67. The maximum absolute atomic E-state index is 12.6. The summed E-state index contributed by atoms with van der Waals surface area (Å²) in [5.41, 5.74) is 1.22. The molecule has 1 N–H and O–H groups in total. The first-order valence-corrected chi connectivity index (χ1v) is 7.61. The van der Waals surface area contributed by atoms with Gasteiger partial charge in [-0.3, -0.25) is 9.59 Å². The van der Waals surface area contributed by atoms with Crippen molar-refractivity contribution in [1.82, 2.24) is 4.57 Å². The summed E-state index contributed by atoms with van der Waals surface area (Å²) >= 11 is 0. The van der Waals surface area contributed by atoms with Crippen LogP contribution >= 0.6 is 0 Å². The second-order valence-corrected chi connectivity index (χ2v) is 5.54. The van der Waals surface area contributed by atoms with E-state index in [-0.39, 0.29) is 18.0 Å². The molecule has 0 saturated heterocycles. The molecule has 0 atom stereocenters. The third-order valence-electron chi connectivity index (χ3n) is 3.88. The van der Waals surface area contributed by atoms with Gasteiger partial charge in [-0.2, -0.15) is 0 Å². The van der Waals surface area contributed by atoms with E-state index >= 15 is 0 Å². The van der Waals surface area contributed by atoms with Crippen LogP contribution in [0, 0.1) is 6.92 Å². The predicted octanol–water partition coefficient (Wildman–Crippen LogP) is 2.96. The number of nitrogens with zero attached hydrogens (tertiary/aromatic N) is 1. The number of rotatable bonds is 4. The molecule has 0 radical (unpaired) electrons. The Balaban J connectivity index is 1.86. The first-order valence-electron chi connectivity index (χ1n) is 7.61. The number of methoxy groups -OCH3 is 1. The molecule has 0 saturated carbocycles. The van der Waals surface area contributed by atoms with E-state index in [0.29, 0.717) is 16.8 Å². The average Bonchev–Trinajstić information content (AvgIpc) is 2.59. The van der Waals surface area contributed by atoms with Gasteiger partial charge in [0.15, 0.2) is 0 Å². The summed E-state index contributed by atoms with van der Waals surface area (Å²) in [4.78, 5) is 24.9. The van der Waals surface area contributed by atoms with Crippen molar-refractivity contribution in [2.75, 3.05) is 12.4 Å². The van der Waals surface area contributed by atoms with Crippen molar-refractivity contribution in [3.05, 3.63) is 70.6 Å². The van der Waals surface area contributed by atoms with Gasteiger partial charge in [0.25, 0.3) is 5.56 Å². The van der Waals surface area contributed by atoms with E-state index in [2.05, 4.69) is 5.32 Å². The number of benzene rings is 2. The topological polar surface area (TPSA) is 60.3 Å². The zero-order valence-electron chi connectivity index (χ0n) is 13.6. The van der Waals surface area contributed by atoms with Gasteiger partial charge in [0.05, 0.1) is 7.11 Å². The lowest BCUT2D eigenvalue weighted by molar-refractivity contribution is -0.116. The summed E-state index contributed by atoms with van der Waals surface area (Å²) in [5, 5.41) is 4.28. The molecule has 0 bridgehead atoms. The smallest absolute Gasteiger partial charge is 0.259 e. The highest BCUT2D eigenvalue weighted by Crippen LogP contribution is 2.17. The Labute approximate surface area is 139 Å². The highest BCUT2D eigenvalue weighted by molar-refractivity contribution is 5.91. The summed E-state index contributed by atoms with van der Waals surface area (Å²) in [6, 6.07) is 16.4. The molecule has 0 aliphatic rings. The lowest BCUT2D eigenvalue weighted by Gasteiger charge is -2.12. The molecule has 3 aromatic rings. The zero-order chi connectivity index (χ0) is 17.1. The van der Waals surface area contributed by atoms with Crippen LogP contribution in [-0.4, -0.2) is 17.6 Å². The highest BCUT2D eigenvalue weighted by atomic mass is 16.5. The predicted molar refractivity (Wildman–Crippen MR) is 94.6 cm³/mol. The number of aryl methyl sites for hydroxylation is 1. The van der Waals surface area contributed by atoms with Crippen molar-refractivity contribution in [3.8, 4) is 5.75 Å². The van der Waals surface area contributed by atoms with Crippen LogP contribution in [0.2, 0.25) is 0 Å². The van der Waals surface area contributed by atoms with Crippen LogP contribution in [0.1, 0.15) is 5.69 Å². The van der Waals surface area contributed by atoms with E-state index in [1.54, 1.807) is 37.4 Å². The number of carbonyl (C=O) groups excluding carboxylic acids is 1. The van der Waals surface area contributed by atoms with Crippen molar-refractivity contribution in [1.29, 1.82) is 0 Å². The van der Waals surface area contributed by atoms with Crippen LogP contribution in [0.3, 0.4) is 0 Å². The third kappa shape index (κ3) is 3.15. The minimum Gasteiger partial charge on any atom is -0.497 e. The zero-order valence-corrected chi connectivity index (χ0v) is 13.6. The highest BCUT2D eigenvalue weighted by Gasteiger charge is 2.10. The van der Waals surface area contributed by atoms with E-state index in [0.717, 1.165) is 11.1 Å². The third-order valence-corrected chi connectivity index (χ3v) is 3.88. The molecule has 2 aromatic carbocycles. The Kier molecular flexibility index (Phi) is 4.33. The first kappa shape index (κ1) is 15.8. The second-order valence-electron chi connectivity index (χ2n) is 5.54. The van der Waals surface area contributed by atoms with Gasteiger partial charge < -0.3 is 14.6 Å². The van der Waals surface area contributed by atoms with Gasteiger partial charge >= 0.3 is 0 Å². The van der Waals surface area contributed by atoms with E-state index in [9.17, 15) is 9.59 Å². The van der Waals surface area contributed by atoms with Crippen molar-refractivity contribution in [2.45, 2.75) is 13.5 Å². The van der Waals surface area contributed by atoms with E-state index in [1.165, 1.54) is 4.57 Å². The largest absolute Gasteiger partial charge is 0.497 e. The molecule has 122 valence electrons. The number of amides is 1. The van der Waals surface area contributed by atoms with Crippen LogP contribution in [0.4, 0.5) is 5.69 Å². The summed E-state index contributed by atoms with van der Waals surface area (Å²) in [6.07, 6.45) is 0. The van der Waals surface area contributed by atoms with Crippen LogP contribution in [-0.2, 0) is 11.3 Å². The van der Waals surface area contributed by atoms with E-state index < -0.39 is 0 Å². The molecule has 0 spiro atoms. The van der Waals surface area contributed by atoms with Crippen LogP contribution in [0.5, 0.6) is 5.75 Å². The SMILES string of the molecule is COc1cccc(NC(=O)Cn2c(C)cc3ccccc3c2=O)c1. The van der Waals surface area contributed by atoms with Crippen molar-refractivity contribution in [2.24, 2.45) is 0 Å². The summed E-state index contributed by atoms with van der Waals surface area (Å²) in [6.45, 7) is 1.79. The van der Waals surface area contributed by atoms with E-state index in [4.69, 9.17) is 4.74 Å². The Hall–Kier alpha value is -3.08. The number of nitrogens with one attached hydrogen (secondary N) is 1. The second kappa shape index (κ2) is 6.58. The molecular formula is C19H18N2O3. The molecule has 0 unspecified atom stereocenters. The number of carbonyl (C=O) groups is 1. The van der Waals surface area contributed by atoms with Crippen LogP contribution in [0.15, 0.2) is 59.4 Å². The number of anilines is 1. The number of hydrogen-bond acceptors (Lipinski definition) is 3. The van der Waals surface area contributed by atoms with Gasteiger partial charge in [-0.1, -0.05) is 24.3 Å². The quantitative estimate of drug-likeness (QED) is 0.803. The minimum absolute atomic E-state index is 0.0350. The fourth-order valence-corrected chi connectivity index (χ4v) is 2.67. The fraction of sp³-hybridized carbons (Fsp3) is 0.158. The normalized spacial score (nSPS) is 10.6. The molecule has 1 heterocycles. The molecule has 5 nitrogen and oxygen atoms in total.